The van der Waals surface area contributed by atoms with Crippen LogP contribution in [0.15, 0.2) is 53.4 Å². The number of hydrogen-bond acceptors (Lipinski definition) is 3. The van der Waals surface area contributed by atoms with Gasteiger partial charge in [0.25, 0.3) is 0 Å². The van der Waals surface area contributed by atoms with Crippen LogP contribution in [0, 0.1) is 13.8 Å². The molecule has 0 aromatic heterocycles. The van der Waals surface area contributed by atoms with Crippen molar-refractivity contribution in [3.05, 3.63) is 65.2 Å². The Bertz CT molecular complexity index is 870. The van der Waals surface area contributed by atoms with E-state index < -0.39 is 9.84 Å². The SMILES string of the molecule is Cc1ccc(C2CCCN2C(=O)CCS(=O)(=O)c2ccc(C)cc2)cc1. The molecular weight excluding hydrogens is 346 g/mol. The predicted octanol–water partition coefficient (Wildman–Crippen LogP) is 3.83. The van der Waals surface area contributed by atoms with Crippen LogP contribution in [0.1, 0.15) is 42.0 Å². The molecule has 138 valence electrons. The number of sulfone groups is 1. The van der Waals surface area contributed by atoms with Gasteiger partial charge in [-0.25, -0.2) is 8.42 Å². The lowest BCUT2D eigenvalue weighted by Crippen LogP contribution is -2.31. The molecule has 0 aliphatic carbocycles. The minimum atomic E-state index is -3.44. The number of amides is 1. The first kappa shape index (κ1) is 18.6. The molecule has 1 unspecified atom stereocenters. The van der Waals surface area contributed by atoms with Crippen LogP contribution in [0.4, 0.5) is 0 Å². The van der Waals surface area contributed by atoms with Gasteiger partial charge in [0.1, 0.15) is 0 Å². The molecular formula is C21H25NO3S. The van der Waals surface area contributed by atoms with Gasteiger partial charge in [-0.15, -0.1) is 0 Å². The highest BCUT2D eigenvalue weighted by Crippen LogP contribution is 2.32. The largest absolute Gasteiger partial charge is 0.336 e. The maximum Gasteiger partial charge on any atom is 0.224 e. The average Bonchev–Trinajstić information content (AvgIpc) is 3.10. The van der Waals surface area contributed by atoms with E-state index in [1.165, 1.54) is 5.56 Å². The van der Waals surface area contributed by atoms with Gasteiger partial charge >= 0.3 is 0 Å². The van der Waals surface area contributed by atoms with Crippen molar-refractivity contribution < 1.29 is 13.2 Å². The number of benzene rings is 2. The number of nitrogens with zero attached hydrogens (tertiary/aromatic N) is 1. The summed E-state index contributed by atoms with van der Waals surface area (Å²) in [4.78, 5) is 14.8. The molecule has 2 aromatic carbocycles. The van der Waals surface area contributed by atoms with Gasteiger partial charge in [-0.05, 0) is 44.4 Å². The zero-order chi connectivity index (χ0) is 18.7. The first-order valence-corrected chi connectivity index (χ1v) is 10.7. The fraction of sp³-hybridized carbons (Fsp3) is 0.381. The Morgan fingerprint density at radius 3 is 2.19 bits per heavy atom. The lowest BCUT2D eigenvalue weighted by Gasteiger charge is -2.25. The lowest BCUT2D eigenvalue weighted by molar-refractivity contribution is -0.131. The summed E-state index contributed by atoms with van der Waals surface area (Å²) in [6.07, 6.45) is 1.91. The molecule has 4 nitrogen and oxygen atoms in total. The van der Waals surface area contributed by atoms with Crippen LogP contribution in [0.3, 0.4) is 0 Å². The van der Waals surface area contributed by atoms with Gasteiger partial charge in [-0.1, -0.05) is 47.5 Å². The van der Waals surface area contributed by atoms with Gasteiger partial charge in [-0.3, -0.25) is 4.79 Å². The molecule has 1 aliphatic heterocycles. The van der Waals surface area contributed by atoms with Crippen molar-refractivity contribution in [1.29, 1.82) is 0 Å². The molecule has 3 rings (SSSR count). The third-order valence-electron chi connectivity index (χ3n) is 5.00. The van der Waals surface area contributed by atoms with Gasteiger partial charge < -0.3 is 4.90 Å². The second-order valence-corrected chi connectivity index (χ2v) is 9.15. The van der Waals surface area contributed by atoms with Crippen LogP contribution >= 0.6 is 0 Å². The Kier molecular flexibility index (Phi) is 5.47. The highest BCUT2D eigenvalue weighted by Gasteiger charge is 2.30. The average molecular weight is 372 g/mol. The van der Waals surface area contributed by atoms with E-state index in [2.05, 4.69) is 24.3 Å². The normalized spacial score (nSPS) is 17.5. The second-order valence-electron chi connectivity index (χ2n) is 7.04. The minimum absolute atomic E-state index is 0.0264. The van der Waals surface area contributed by atoms with Crippen molar-refractivity contribution >= 4 is 15.7 Å². The molecule has 2 aromatic rings. The molecule has 1 heterocycles. The summed E-state index contributed by atoms with van der Waals surface area (Å²) in [7, 11) is -3.44. The molecule has 1 fully saturated rings. The fourth-order valence-corrected chi connectivity index (χ4v) is 4.66. The second kappa shape index (κ2) is 7.62. The molecule has 5 heteroatoms. The molecule has 26 heavy (non-hydrogen) atoms. The van der Waals surface area contributed by atoms with E-state index in [0.717, 1.165) is 24.0 Å². The van der Waals surface area contributed by atoms with Crippen LogP contribution in [0.2, 0.25) is 0 Å². The summed E-state index contributed by atoms with van der Waals surface area (Å²) < 4.78 is 25.0. The Labute approximate surface area is 155 Å². The van der Waals surface area contributed by atoms with E-state index in [0.29, 0.717) is 6.54 Å². The number of hydrogen-bond donors (Lipinski definition) is 0. The summed E-state index contributed by atoms with van der Waals surface area (Å²) in [5.41, 5.74) is 3.33. The van der Waals surface area contributed by atoms with Gasteiger partial charge in [0, 0.05) is 13.0 Å². The third kappa shape index (κ3) is 4.15. The van der Waals surface area contributed by atoms with Crippen LogP contribution in [-0.4, -0.2) is 31.5 Å². The Morgan fingerprint density at radius 2 is 1.58 bits per heavy atom. The van der Waals surface area contributed by atoms with Crippen molar-refractivity contribution in [2.24, 2.45) is 0 Å². The molecule has 0 radical (unpaired) electrons. The molecule has 1 aliphatic rings. The third-order valence-corrected chi connectivity index (χ3v) is 6.73. The van der Waals surface area contributed by atoms with E-state index in [4.69, 9.17) is 0 Å². The summed E-state index contributed by atoms with van der Waals surface area (Å²) in [6.45, 7) is 4.65. The topological polar surface area (TPSA) is 54.5 Å². The van der Waals surface area contributed by atoms with Crippen LogP contribution in [0.25, 0.3) is 0 Å². The van der Waals surface area contributed by atoms with Crippen molar-refractivity contribution in [2.75, 3.05) is 12.3 Å². The number of aryl methyl sites for hydroxylation is 2. The van der Waals surface area contributed by atoms with E-state index in [9.17, 15) is 13.2 Å². The Morgan fingerprint density at radius 1 is 1.00 bits per heavy atom. The predicted molar refractivity (Wildman–Crippen MR) is 103 cm³/mol. The molecule has 0 N–H and O–H groups in total. The zero-order valence-electron chi connectivity index (χ0n) is 15.3. The van der Waals surface area contributed by atoms with Gasteiger partial charge in [0.15, 0.2) is 9.84 Å². The molecule has 0 saturated carbocycles. The van der Waals surface area contributed by atoms with E-state index in [1.54, 1.807) is 24.3 Å². The first-order valence-electron chi connectivity index (χ1n) is 9.02. The van der Waals surface area contributed by atoms with Gasteiger partial charge in [0.05, 0.1) is 16.7 Å². The summed E-state index contributed by atoms with van der Waals surface area (Å²) in [5, 5.41) is 0. The van der Waals surface area contributed by atoms with E-state index >= 15 is 0 Å². The molecule has 1 saturated heterocycles. The number of rotatable bonds is 5. The van der Waals surface area contributed by atoms with E-state index in [1.807, 2.05) is 18.7 Å². The summed E-state index contributed by atoms with van der Waals surface area (Å²) in [5.74, 6) is -0.227. The van der Waals surface area contributed by atoms with E-state index in [-0.39, 0.29) is 29.0 Å². The maximum absolute atomic E-state index is 12.7. The monoisotopic (exact) mass is 371 g/mol. The standard InChI is InChI=1S/C21H25NO3S/c1-16-5-9-18(10-6-16)20-4-3-14-22(20)21(23)13-15-26(24,25)19-11-7-17(2)8-12-19/h5-12,20H,3-4,13-15H2,1-2H3. The molecule has 1 amide bonds. The highest BCUT2D eigenvalue weighted by atomic mass is 32.2. The molecule has 0 bridgehead atoms. The van der Waals surface area contributed by atoms with Crippen LogP contribution in [0.5, 0.6) is 0 Å². The van der Waals surface area contributed by atoms with Crippen molar-refractivity contribution in [2.45, 2.75) is 44.0 Å². The number of carbonyl (C=O) groups is 1. The zero-order valence-corrected chi connectivity index (χ0v) is 16.1. The van der Waals surface area contributed by atoms with Crippen LogP contribution < -0.4 is 0 Å². The quantitative estimate of drug-likeness (QED) is 0.803. The van der Waals surface area contributed by atoms with Crippen molar-refractivity contribution in [1.82, 2.24) is 4.90 Å². The smallest absolute Gasteiger partial charge is 0.224 e. The van der Waals surface area contributed by atoms with Gasteiger partial charge in [0.2, 0.25) is 5.91 Å². The van der Waals surface area contributed by atoms with Crippen LogP contribution in [-0.2, 0) is 14.6 Å². The van der Waals surface area contributed by atoms with Crippen molar-refractivity contribution in [3.8, 4) is 0 Å². The van der Waals surface area contributed by atoms with Crippen molar-refractivity contribution in [3.63, 3.8) is 0 Å². The minimum Gasteiger partial charge on any atom is -0.336 e. The Hall–Kier alpha value is -2.14. The molecule has 1 atom stereocenters. The molecule has 0 spiro atoms. The maximum atomic E-state index is 12.7. The number of likely N-dealkylation sites (tertiary alicyclic amines) is 1. The summed E-state index contributed by atoms with van der Waals surface area (Å²) >= 11 is 0. The number of carbonyl (C=O) groups excluding carboxylic acids is 1. The Balaban J connectivity index is 1.67. The van der Waals surface area contributed by atoms with Gasteiger partial charge in [-0.2, -0.15) is 0 Å². The lowest BCUT2D eigenvalue weighted by atomic mass is 10.0. The highest BCUT2D eigenvalue weighted by molar-refractivity contribution is 7.91. The first-order chi connectivity index (χ1) is 12.4. The fourth-order valence-electron chi connectivity index (χ4n) is 3.43. The summed E-state index contributed by atoms with van der Waals surface area (Å²) in [6, 6.07) is 15.1.